The van der Waals surface area contributed by atoms with Crippen LogP contribution in [0, 0.1) is 23.2 Å². The summed E-state index contributed by atoms with van der Waals surface area (Å²) in [5, 5.41) is 3.22. The molecule has 1 amide bonds. The van der Waals surface area contributed by atoms with Crippen molar-refractivity contribution in [1.29, 1.82) is 0 Å². The molecule has 17 heavy (non-hydrogen) atoms. The molecule has 1 aliphatic carbocycles. The van der Waals surface area contributed by atoms with Crippen molar-refractivity contribution in [3.05, 3.63) is 0 Å². The van der Waals surface area contributed by atoms with Crippen LogP contribution in [0.4, 0.5) is 0 Å². The van der Waals surface area contributed by atoms with Gasteiger partial charge in [0.2, 0.25) is 6.41 Å². The summed E-state index contributed by atoms with van der Waals surface area (Å²) >= 11 is 0. The van der Waals surface area contributed by atoms with E-state index in [1.807, 2.05) is 0 Å². The van der Waals surface area contributed by atoms with Crippen molar-refractivity contribution in [2.24, 2.45) is 23.2 Å². The van der Waals surface area contributed by atoms with Crippen LogP contribution in [-0.4, -0.2) is 11.9 Å². The number of carbonyl (C=O) groups is 1. The van der Waals surface area contributed by atoms with Gasteiger partial charge in [0, 0.05) is 5.54 Å². The molecule has 1 saturated carbocycles. The van der Waals surface area contributed by atoms with Crippen LogP contribution in [-0.2, 0) is 4.79 Å². The second-order valence-electron chi connectivity index (χ2n) is 7.22. The van der Waals surface area contributed by atoms with E-state index in [9.17, 15) is 4.79 Å². The van der Waals surface area contributed by atoms with Crippen molar-refractivity contribution in [3.8, 4) is 0 Å². The summed E-state index contributed by atoms with van der Waals surface area (Å²) in [7, 11) is 0. The van der Waals surface area contributed by atoms with Crippen molar-refractivity contribution in [3.63, 3.8) is 0 Å². The SMILES string of the molecule is CC1CCC(C(C)C)C(NC=O)(C(C)(C)C)C1. The molecule has 2 nitrogen and oxygen atoms in total. The lowest BCUT2D eigenvalue weighted by Crippen LogP contribution is -2.63. The Labute approximate surface area is 107 Å². The van der Waals surface area contributed by atoms with Gasteiger partial charge >= 0.3 is 0 Å². The van der Waals surface area contributed by atoms with Gasteiger partial charge in [-0.2, -0.15) is 0 Å². The summed E-state index contributed by atoms with van der Waals surface area (Å²) in [5.74, 6) is 1.91. The molecule has 0 bridgehead atoms. The summed E-state index contributed by atoms with van der Waals surface area (Å²) in [4.78, 5) is 11.1. The first kappa shape index (κ1) is 14.5. The Bertz CT molecular complexity index is 267. The van der Waals surface area contributed by atoms with E-state index in [1.54, 1.807) is 0 Å². The highest BCUT2D eigenvalue weighted by Gasteiger charge is 2.51. The Morgan fingerprint density at radius 1 is 1.29 bits per heavy atom. The molecule has 1 N–H and O–H groups in total. The van der Waals surface area contributed by atoms with Crippen molar-refractivity contribution < 1.29 is 4.79 Å². The van der Waals surface area contributed by atoms with Gasteiger partial charge in [-0.15, -0.1) is 0 Å². The standard InChI is InChI=1S/C15H29NO/c1-11(2)13-8-7-12(3)9-15(13,16-10-17)14(4,5)6/h10-13H,7-9H2,1-6H3,(H,16,17). The van der Waals surface area contributed by atoms with Gasteiger partial charge in [0.05, 0.1) is 0 Å². The molecule has 0 aliphatic heterocycles. The molecular formula is C15H29NO. The average molecular weight is 239 g/mol. The van der Waals surface area contributed by atoms with Crippen LogP contribution >= 0.6 is 0 Å². The first-order valence-electron chi connectivity index (χ1n) is 6.96. The van der Waals surface area contributed by atoms with Gasteiger partial charge in [0.25, 0.3) is 0 Å². The fourth-order valence-corrected chi connectivity index (χ4v) is 3.77. The summed E-state index contributed by atoms with van der Waals surface area (Å²) in [5.41, 5.74) is 0.0676. The molecule has 3 atom stereocenters. The van der Waals surface area contributed by atoms with Gasteiger partial charge in [0.1, 0.15) is 0 Å². The minimum atomic E-state index is -0.0411. The first-order valence-corrected chi connectivity index (χ1v) is 6.96. The van der Waals surface area contributed by atoms with Gasteiger partial charge in [-0.1, -0.05) is 48.0 Å². The van der Waals surface area contributed by atoms with Crippen LogP contribution in [0.2, 0.25) is 0 Å². The summed E-state index contributed by atoms with van der Waals surface area (Å²) in [6.07, 6.45) is 4.55. The summed E-state index contributed by atoms with van der Waals surface area (Å²) < 4.78 is 0. The predicted octanol–water partition coefficient (Wildman–Crippen LogP) is 3.61. The number of carbonyl (C=O) groups excluding carboxylic acids is 1. The fraction of sp³-hybridized carbons (Fsp3) is 0.933. The van der Waals surface area contributed by atoms with E-state index in [-0.39, 0.29) is 11.0 Å². The van der Waals surface area contributed by atoms with E-state index < -0.39 is 0 Å². The third-order valence-electron chi connectivity index (χ3n) is 4.73. The fourth-order valence-electron chi connectivity index (χ4n) is 3.77. The van der Waals surface area contributed by atoms with Crippen LogP contribution in [0.5, 0.6) is 0 Å². The average Bonchev–Trinajstić information content (AvgIpc) is 2.15. The molecule has 1 aliphatic rings. The Morgan fingerprint density at radius 3 is 2.29 bits per heavy atom. The minimum Gasteiger partial charge on any atom is -0.352 e. The second kappa shape index (κ2) is 4.99. The zero-order chi connectivity index (χ0) is 13.3. The van der Waals surface area contributed by atoms with Crippen LogP contribution < -0.4 is 5.32 Å². The van der Waals surface area contributed by atoms with E-state index in [4.69, 9.17) is 0 Å². The molecule has 3 unspecified atom stereocenters. The largest absolute Gasteiger partial charge is 0.352 e. The van der Waals surface area contributed by atoms with Crippen molar-refractivity contribution >= 4 is 6.41 Å². The lowest BCUT2D eigenvalue weighted by Gasteiger charge is -2.55. The van der Waals surface area contributed by atoms with Crippen LogP contribution in [0.3, 0.4) is 0 Å². The van der Waals surface area contributed by atoms with Crippen LogP contribution in [0.15, 0.2) is 0 Å². The molecule has 0 aromatic rings. The van der Waals surface area contributed by atoms with Crippen LogP contribution in [0.25, 0.3) is 0 Å². The molecular weight excluding hydrogens is 210 g/mol. The molecule has 1 rings (SSSR count). The third kappa shape index (κ3) is 2.66. The molecule has 0 spiro atoms. The molecule has 0 saturated heterocycles. The Kier molecular flexibility index (Phi) is 4.27. The van der Waals surface area contributed by atoms with Gasteiger partial charge in [-0.25, -0.2) is 0 Å². The lowest BCUT2D eigenvalue weighted by atomic mass is 9.55. The van der Waals surface area contributed by atoms with E-state index in [2.05, 4.69) is 46.9 Å². The van der Waals surface area contributed by atoms with E-state index in [0.717, 1.165) is 12.8 Å². The smallest absolute Gasteiger partial charge is 0.207 e. The molecule has 100 valence electrons. The normalized spacial score (nSPS) is 34.8. The zero-order valence-corrected chi connectivity index (χ0v) is 12.3. The third-order valence-corrected chi connectivity index (χ3v) is 4.73. The molecule has 0 heterocycles. The minimum absolute atomic E-state index is 0.0411. The van der Waals surface area contributed by atoms with Crippen LogP contribution in [0.1, 0.15) is 60.8 Å². The van der Waals surface area contributed by atoms with Gasteiger partial charge in [-0.05, 0) is 36.0 Å². The molecule has 2 heteroatoms. The highest BCUT2D eigenvalue weighted by atomic mass is 16.1. The topological polar surface area (TPSA) is 29.1 Å². The first-order chi connectivity index (χ1) is 7.74. The maximum atomic E-state index is 11.1. The number of nitrogens with one attached hydrogen (secondary N) is 1. The highest BCUT2D eigenvalue weighted by Crippen LogP contribution is 2.49. The summed E-state index contributed by atoms with van der Waals surface area (Å²) in [6.45, 7) is 13.7. The number of amides is 1. The van der Waals surface area contributed by atoms with Gasteiger partial charge in [0.15, 0.2) is 0 Å². The Morgan fingerprint density at radius 2 is 1.88 bits per heavy atom. The number of hydrogen-bond donors (Lipinski definition) is 1. The Hall–Kier alpha value is -0.530. The molecule has 0 aromatic carbocycles. The second-order valence-corrected chi connectivity index (χ2v) is 7.22. The van der Waals surface area contributed by atoms with E-state index in [1.165, 1.54) is 12.8 Å². The monoisotopic (exact) mass is 239 g/mol. The molecule has 1 fully saturated rings. The van der Waals surface area contributed by atoms with Gasteiger partial charge < -0.3 is 5.32 Å². The van der Waals surface area contributed by atoms with E-state index >= 15 is 0 Å². The van der Waals surface area contributed by atoms with Crippen molar-refractivity contribution in [2.75, 3.05) is 0 Å². The summed E-state index contributed by atoms with van der Waals surface area (Å²) in [6, 6.07) is 0. The molecule has 0 radical (unpaired) electrons. The number of rotatable bonds is 3. The van der Waals surface area contributed by atoms with Crippen molar-refractivity contribution in [1.82, 2.24) is 5.32 Å². The predicted molar refractivity (Wildman–Crippen MR) is 72.7 cm³/mol. The number of hydrogen-bond acceptors (Lipinski definition) is 1. The molecule has 0 aromatic heterocycles. The Balaban J connectivity index is 3.14. The van der Waals surface area contributed by atoms with E-state index in [0.29, 0.717) is 17.8 Å². The quantitative estimate of drug-likeness (QED) is 0.749. The van der Waals surface area contributed by atoms with Crippen molar-refractivity contribution in [2.45, 2.75) is 66.3 Å². The zero-order valence-electron chi connectivity index (χ0n) is 12.3. The maximum absolute atomic E-state index is 11.1. The van der Waals surface area contributed by atoms with Gasteiger partial charge in [-0.3, -0.25) is 4.79 Å². The lowest BCUT2D eigenvalue weighted by molar-refractivity contribution is -0.116. The highest BCUT2D eigenvalue weighted by molar-refractivity contribution is 5.49. The maximum Gasteiger partial charge on any atom is 0.207 e.